The monoisotopic (exact) mass is 527 g/mol. The third-order valence-corrected chi connectivity index (χ3v) is 7.30. The summed E-state index contributed by atoms with van der Waals surface area (Å²) < 4.78 is 7.66. The Morgan fingerprint density at radius 3 is 2.39 bits per heavy atom. The van der Waals surface area contributed by atoms with Crippen molar-refractivity contribution in [1.82, 2.24) is 14.9 Å². The lowest BCUT2D eigenvalue weighted by Gasteiger charge is -2.29. The summed E-state index contributed by atoms with van der Waals surface area (Å²) in [6.07, 6.45) is 1.79. The van der Waals surface area contributed by atoms with Crippen molar-refractivity contribution in [3.8, 4) is 11.4 Å². The number of aromatic nitrogens is 2. The number of nitro groups is 1. The summed E-state index contributed by atoms with van der Waals surface area (Å²) in [6.45, 7) is 8.25. The van der Waals surface area contributed by atoms with E-state index in [1.165, 1.54) is 19.2 Å². The van der Waals surface area contributed by atoms with Crippen LogP contribution in [0.15, 0.2) is 66.9 Å². The van der Waals surface area contributed by atoms with Crippen LogP contribution in [-0.2, 0) is 0 Å². The number of benzene rings is 2. The van der Waals surface area contributed by atoms with E-state index in [1.54, 1.807) is 12.3 Å². The highest BCUT2D eigenvalue weighted by molar-refractivity contribution is 7.80. The smallest absolute Gasteiger partial charge is 0.273 e. The summed E-state index contributed by atoms with van der Waals surface area (Å²) in [5.74, 6) is 0.431. The third kappa shape index (κ3) is 4.39. The van der Waals surface area contributed by atoms with E-state index in [9.17, 15) is 10.1 Å². The minimum absolute atomic E-state index is 0.0187. The number of methoxy groups -OCH3 is 1. The van der Waals surface area contributed by atoms with Crippen LogP contribution in [-0.4, -0.2) is 26.7 Å². The van der Waals surface area contributed by atoms with Crippen molar-refractivity contribution in [1.29, 1.82) is 0 Å². The van der Waals surface area contributed by atoms with Crippen LogP contribution >= 0.6 is 12.2 Å². The summed E-state index contributed by atoms with van der Waals surface area (Å²) in [5.41, 5.74) is 7.97. The highest BCUT2D eigenvalue weighted by atomic mass is 32.1. The highest BCUT2D eigenvalue weighted by Crippen LogP contribution is 2.44. The molecule has 0 radical (unpaired) electrons. The molecule has 5 rings (SSSR count). The zero-order valence-electron chi connectivity index (χ0n) is 21.9. The normalized spacial score (nSPS) is 17.0. The zero-order valence-corrected chi connectivity index (χ0v) is 22.7. The van der Waals surface area contributed by atoms with E-state index >= 15 is 0 Å². The zero-order chi connectivity index (χ0) is 27.1. The van der Waals surface area contributed by atoms with Crippen LogP contribution in [0.25, 0.3) is 5.69 Å². The van der Waals surface area contributed by atoms with E-state index in [-0.39, 0.29) is 17.8 Å². The van der Waals surface area contributed by atoms with Gasteiger partial charge in [0.2, 0.25) is 0 Å². The Morgan fingerprint density at radius 1 is 1.03 bits per heavy atom. The SMILES string of the molecule is COc1cc([N+](=O)[O-])ccc1-n1c(C)cc(C2C(c3ccccn3)NC(=S)N2c2cc(C)cc(C)c2)c1C. The molecule has 1 aliphatic rings. The van der Waals surface area contributed by atoms with Gasteiger partial charge < -0.3 is 19.5 Å². The first-order chi connectivity index (χ1) is 18.2. The van der Waals surface area contributed by atoms with Gasteiger partial charge in [0.25, 0.3) is 5.69 Å². The predicted octanol–water partition coefficient (Wildman–Crippen LogP) is 6.20. The number of anilines is 1. The maximum Gasteiger partial charge on any atom is 0.273 e. The topological polar surface area (TPSA) is 85.5 Å². The Labute approximate surface area is 227 Å². The lowest BCUT2D eigenvalue weighted by atomic mass is 9.96. The van der Waals surface area contributed by atoms with Gasteiger partial charge in [0.15, 0.2) is 5.11 Å². The van der Waals surface area contributed by atoms with E-state index in [2.05, 4.69) is 64.8 Å². The van der Waals surface area contributed by atoms with Crippen molar-refractivity contribution in [2.45, 2.75) is 39.8 Å². The summed E-state index contributed by atoms with van der Waals surface area (Å²) in [5, 5.41) is 15.5. The van der Waals surface area contributed by atoms with Gasteiger partial charge in [0.1, 0.15) is 5.75 Å². The first-order valence-electron chi connectivity index (χ1n) is 12.3. The molecule has 4 aromatic rings. The van der Waals surface area contributed by atoms with Gasteiger partial charge in [-0.2, -0.15) is 0 Å². The average Bonchev–Trinajstić information content (AvgIpc) is 3.38. The Morgan fingerprint density at radius 2 is 1.76 bits per heavy atom. The molecular weight excluding hydrogens is 498 g/mol. The molecule has 0 aliphatic carbocycles. The molecule has 1 N–H and O–H groups in total. The summed E-state index contributed by atoms with van der Waals surface area (Å²) in [6, 6.07) is 18.8. The van der Waals surface area contributed by atoms with Crippen molar-refractivity contribution in [2.24, 2.45) is 0 Å². The molecule has 8 nitrogen and oxygen atoms in total. The molecule has 38 heavy (non-hydrogen) atoms. The Bertz CT molecular complexity index is 1530. The maximum atomic E-state index is 11.4. The quantitative estimate of drug-likeness (QED) is 0.182. The number of hydrogen-bond donors (Lipinski definition) is 1. The lowest BCUT2D eigenvalue weighted by Crippen LogP contribution is -2.29. The number of nitrogens with one attached hydrogen (secondary N) is 1. The number of nitrogens with zero attached hydrogens (tertiary/aromatic N) is 4. The number of ether oxygens (including phenoxy) is 1. The minimum Gasteiger partial charge on any atom is -0.494 e. The van der Waals surface area contributed by atoms with Crippen LogP contribution in [0.3, 0.4) is 0 Å². The molecule has 2 unspecified atom stereocenters. The molecule has 3 heterocycles. The van der Waals surface area contributed by atoms with Gasteiger partial charge in [0.05, 0.1) is 41.6 Å². The van der Waals surface area contributed by atoms with Crippen molar-refractivity contribution in [3.05, 3.63) is 111 Å². The molecule has 0 amide bonds. The van der Waals surface area contributed by atoms with Crippen LogP contribution in [0.4, 0.5) is 11.4 Å². The summed E-state index contributed by atoms with van der Waals surface area (Å²) >= 11 is 5.91. The van der Waals surface area contributed by atoms with Crippen molar-refractivity contribution < 1.29 is 9.66 Å². The largest absolute Gasteiger partial charge is 0.494 e. The number of non-ortho nitro benzene ring substituents is 1. The average molecular weight is 528 g/mol. The number of nitro benzene ring substituents is 1. The molecule has 9 heteroatoms. The number of pyridine rings is 1. The number of thiocarbonyl (C=S) groups is 1. The third-order valence-electron chi connectivity index (χ3n) is 6.99. The Hall–Kier alpha value is -4.24. The highest BCUT2D eigenvalue weighted by Gasteiger charge is 2.42. The Balaban J connectivity index is 1.70. The first-order valence-corrected chi connectivity index (χ1v) is 12.7. The van der Waals surface area contributed by atoms with Gasteiger partial charge in [-0.15, -0.1) is 0 Å². The Kier molecular flexibility index (Phi) is 6.62. The molecule has 1 saturated heterocycles. The number of rotatable bonds is 6. The molecule has 1 fully saturated rings. The predicted molar refractivity (Wildman–Crippen MR) is 152 cm³/mol. The molecular formula is C29H29N5O3S. The number of hydrogen-bond acceptors (Lipinski definition) is 5. The fourth-order valence-electron chi connectivity index (χ4n) is 5.46. The molecule has 0 spiro atoms. The molecule has 2 atom stereocenters. The lowest BCUT2D eigenvalue weighted by molar-refractivity contribution is -0.384. The minimum atomic E-state index is -0.419. The summed E-state index contributed by atoms with van der Waals surface area (Å²) in [7, 11) is 1.52. The van der Waals surface area contributed by atoms with Gasteiger partial charge in [-0.1, -0.05) is 12.1 Å². The second-order valence-electron chi connectivity index (χ2n) is 9.62. The molecule has 2 aromatic carbocycles. The van der Waals surface area contributed by atoms with Crippen LogP contribution in [0.5, 0.6) is 5.75 Å². The van der Waals surface area contributed by atoms with E-state index in [0.717, 1.165) is 45.1 Å². The molecule has 194 valence electrons. The van der Waals surface area contributed by atoms with Crippen molar-refractivity contribution in [2.75, 3.05) is 12.0 Å². The van der Waals surface area contributed by atoms with E-state index in [0.29, 0.717) is 10.9 Å². The van der Waals surface area contributed by atoms with Crippen molar-refractivity contribution in [3.63, 3.8) is 0 Å². The maximum absolute atomic E-state index is 11.4. The van der Waals surface area contributed by atoms with Crippen LogP contribution < -0.4 is 15.0 Å². The van der Waals surface area contributed by atoms with Gasteiger partial charge in [-0.05, 0) is 93.0 Å². The summed E-state index contributed by atoms with van der Waals surface area (Å²) in [4.78, 5) is 17.8. The standard InChI is InChI=1S/C29H29N5O3S/c1-17-12-18(2)14-22(13-17)33-28(27(31-29(33)38)24-8-6-7-11-30-24)23-15-19(3)32(20(23)4)25-10-9-21(34(35)36)16-26(25)37-5/h6-16,27-28H,1-5H3,(H,31,38). The van der Waals surface area contributed by atoms with Crippen LogP contribution in [0, 0.1) is 37.8 Å². The van der Waals surface area contributed by atoms with E-state index < -0.39 is 4.92 Å². The second-order valence-corrected chi connectivity index (χ2v) is 10.0. The first kappa shape index (κ1) is 25.4. The molecule has 0 saturated carbocycles. The van der Waals surface area contributed by atoms with Crippen LogP contribution in [0.1, 0.15) is 45.9 Å². The van der Waals surface area contributed by atoms with Crippen LogP contribution in [0.2, 0.25) is 0 Å². The molecule has 2 aromatic heterocycles. The fourth-order valence-corrected chi connectivity index (χ4v) is 5.81. The molecule has 0 bridgehead atoms. The molecule has 1 aliphatic heterocycles. The van der Waals surface area contributed by atoms with E-state index in [4.69, 9.17) is 17.0 Å². The van der Waals surface area contributed by atoms with Gasteiger partial charge >= 0.3 is 0 Å². The van der Waals surface area contributed by atoms with E-state index in [1.807, 2.05) is 25.1 Å². The van der Waals surface area contributed by atoms with Crippen molar-refractivity contribution >= 4 is 28.7 Å². The fraction of sp³-hybridized carbons (Fsp3) is 0.241. The second kappa shape index (κ2) is 9.90. The van der Waals surface area contributed by atoms with Gasteiger partial charge in [-0.3, -0.25) is 15.1 Å². The van der Waals surface area contributed by atoms with Gasteiger partial charge in [-0.25, -0.2) is 0 Å². The van der Waals surface area contributed by atoms with Gasteiger partial charge in [0, 0.05) is 29.3 Å². The number of aryl methyl sites for hydroxylation is 3.